The lowest BCUT2D eigenvalue weighted by molar-refractivity contribution is -0.227. The largest absolute Gasteiger partial charge is 0.481 e. The molecule has 39 heavy (non-hydrogen) atoms. The van der Waals surface area contributed by atoms with Crippen LogP contribution in [-0.2, 0) is 23.9 Å². The number of hydrogen-bond donors (Lipinski definition) is 3. The zero-order valence-electron chi connectivity index (χ0n) is 24.5. The molecule has 0 spiro atoms. The van der Waals surface area contributed by atoms with Crippen LogP contribution >= 0.6 is 0 Å². The summed E-state index contributed by atoms with van der Waals surface area (Å²) < 4.78 is 12.4. The minimum absolute atomic E-state index is 0.0851. The molecule has 8 nitrogen and oxygen atoms in total. The first-order valence-corrected chi connectivity index (χ1v) is 14.4. The molecule has 2 fully saturated rings. The second-order valence-electron chi connectivity index (χ2n) is 13.6. The zero-order chi connectivity index (χ0) is 29.3. The lowest BCUT2D eigenvalue weighted by Crippen LogP contribution is -2.59. The third-order valence-corrected chi connectivity index (χ3v) is 11.0. The van der Waals surface area contributed by atoms with E-state index in [2.05, 4.69) is 27.4 Å². The van der Waals surface area contributed by atoms with Gasteiger partial charge in [0.1, 0.15) is 11.7 Å². The summed E-state index contributed by atoms with van der Waals surface area (Å²) >= 11 is 0. The van der Waals surface area contributed by atoms with Crippen LogP contribution in [0, 0.1) is 34.5 Å². The number of aliphatic hydroxyl groups is 2. The molecule has 2 aliphatic heterocycles. The number of rotatable bonds is 7. The van der Waals surface area contributed by atoms with Crippen LogP contribution in [0.1, 0.15) is 93.4 Å². The summed E-state index contributed by atoms with van der Waals surface area (Å²) in [4.78, 5) is 38.8. The summed E-state index contributed by atoms with van der Waals surface area (Å²) in [6.45, 7) is 17.2. The SMILES string of the molecule is C=C(CC[C@@H](C)[C@H]1C[C@@]2(O)O[C@]1(C)[C@H](OC(C)=O)CC1=C2C(=O)C[C@H]2[C@](C)(C(=O)O)[C@@H](O)CC[C@]12C)C(C)C. The van der Waals surface area contributed by atoms with Gasteiger partial charge in [-0.2, -0.15) is 0 Å². The number of ether oxygens (including phenoxy) is 2. The van der Waals surface area contributed by atoms with Crippen LogP contribution in [0.25, 0.3) is 0 Å². The van der Waals surface area contributed by atoms with Gasteiger partial charge in [-0.05, 0) is 74.2 Å². The van der Waals surface area contributed by atoms with Crippen LogP contribution in [-0.4, -0.2) is 56.6 Å². The van der Waals surface area contributed by atoms with Gasteiger partial charge < -0.3 is 24.8 Å². The lowest BCUT2D eigenvalue weighted by Gasteiger charge is -2.56. The number of carbonyl (C=O) groups is 3. The van der Waals surface area contributed by atoms with Crippen molar-refractivity contribution < 1.29 is 39.2 Å². The molecule has 3 N–H and O–H groups in total. The molecule has 0 aromatic rings. The zero-order valence-corrected chi connectivity index (χ0v) is 24.5. The fraction of sp³-hybridized carbons (Fsp3) is 0.774. The van der Waals surface area contributed by atoms with Crippen molar-refractivity contribution >= 4 is 17.7 Å². The Labute approximate surface area is 231 Å². The highest BCUT2D eigenvalue weighted by atomic mass is 16.7. The molecule has 0 aromatic carbocycles. The number of carboxylic acid groups (broad SMARTS) is 1. The molecule has 0 aromatic heterocycles. The highest BCUT2D eigenvalue weighted by Crippen LogP contribution is 2.65. The van der Waals surface area contributed by atoms with E-state index in [0.29, 0.717) is 17.9 Å². The molecular formula is C31H46O8. The van der Waals surface area contributed by atoms with Gasteiger partial charge in [0.05, 0.1) is 17.1 Å². The maximum Gasteiger partial charge on any atom is 0.312 e. The maximum absolute atomic E-state index is 13.9. The Hall–Kier alpha value is -2.03. The van der Waals surface area contributed by atoms with Gasteiger partial charge in [-0.15, -0.1) is 0 Å². The van der Waals surface area contributed by atoms with E-state index in [9.17, 15) is 29.7 Å². The number of hydrogen-bond acceptors (Lipinski definition) is 7. The minimum atomic E-state index is -1.87. The molecule has 0 amide bonds. The second-order valence-corrected chi connectivity index (χ2v) is 13.6. The molecule has 0 radical (unpaired) electrons. The molecule has 8 heteroatoms. The molecule has 218 valence electrons. The van der Waals surface area contributed by atoms with Crippen molar-refractivity contribution in [3.8, 4) is 0 Å². The minimum Gasteiger partial charge on any atom is -0.481 e. The van der Waals surface area contributed by atoms with Crippen LogP contribution in [0.2, 0.25) is 0 Å². The molecule has 1 saturated carbocycles. The van der Waals surface area contributed by atoms with E-state index in [0.717, 1.165) is 18.4 Å². The van der Waals surface area contributed by atoms with E-state index in [1.165, 1.54) is 13.8 Å². The van der Waals surface area contributed by atoms with Gasteiger partial charge in [0.2, 0.25) is 0 Å². The Morgan fingerprint density at radius 2 is 1.82 bits per heavy atom. The summed E-state index contributed by atoms with van der Waals surface area (Å²) in [7, 11) is 0. The van der Waals surface area contributed by atoms with Gasteiger partial charge in [0, 0.05) is 26.2 Å². The predicted molar refractivity (Wildman–Crippen MR) is 144 cm³/mol. The van der Waals surface area contributed by atoms with Crippen molar-refractivity contribution in [2.24, 2.45) is 34.5 Å². The van der Waals surface area contributed by atoms with E-state index < -0.39 is 52.3 Å². The average Bonchev–Trinajstić information content (AvgIpc) is 3.07. The number of esters is 1. The van der Waals surface area contributed by atoms with Gasteiger partial charge in [0.15, 0.2) is 11.6 Å². The van der Waals surface area contributed by atoms with Crippen molar-refractivity contribution in [2.45, 2.75) is 117 Å². The molecule has 0 unspecified atom stereocenters. The Morgan fingerprint density at radius 1 is 1.18 bits per heavy atom. The van der Waals surface area contributed by atoms with E-state index in [4.69, 9.17) is 9.47 Å². The summed E-state index contributed by atoms with van der Waals surface area (Å²) in [5, 5.41) is 33.2. The Kier molecular flexibility index (Phi) is 7.53. The topological polar surface area (TPSA) is 130 Å². The number of aliphatic carboxylic acids is 1. The first kappa shape index (κ1) is 29.9. The molecule has 9 atom stereocenters. The summed E-state index contributed by atoms with van der Waals surface area (Å²) in [5.74, 6) is -4.29. The van der Waals surface area contributed by atoms with Crippen molar-refractivity contribution in [3.05, 3.63) is 23.3 Å². The predicted octanol–water partition coefficient (Wildman–Crippen LogP) is 4.57. The van der Waals surface area contributed by atoms with Gasteiger partial charge in [-0.1, -0.05) is 39.8 Å². The van der Waals surface area contributed by atoms with E-state index in [-0.39, 0.29) is 48.9 Å². The fourth-order valence-corrected chi connectivity index (χ4v) is 8.28. The summed E-state index contributed by atoms with van der Waals surface area (Å²) in [5.41, 5.74) is -1.44. The van der Waals surface area contributed by atoms with E-state index in [1.54, 1.807) is 0 Å². The molecule has 4 aliphatic rings. The lowest BCUT2D eigenvalue weighted by atomic mass is 9.47. The molecule has 2 aliphatic carbocycles. The van der Waals surface area contributed by atoms with Gasteiger partial charge in [-0.3, -0.25) is 14.4 Å². The van der Waals surface area contributed by atoms with Crippen molar-refractivity contribution in [1.29, 1.82) is 0 Å². The standard InChI is InChI=1S/C31H46O8/c1-16(2)17(3)9-10-18(4)21-15-31(37)26-20(13-25(38-19(5)32)30(21,8)39-31)28(6)12-11-24(34)29(7,27(35)36)23(28)14-22(26)33/h16,18,21,23-25,34,37H,3,9-15H2,1-2,4-8H3,(H,35,36)/t18-,21-,23-,24+,25-,28-,29+,30+,31-/m1/s1. The van der Waals surface area contributed by atoms with Crippen LogP contribution in [0.3, 0.4) is 0 Å². The van der Waals surface area contributed by atoms with Crippen molar-refractivity contribution in [3.63, 3.8) is 0 Å². The number of carbonyl (C=O) groups excluding carboxylic acids is 2. The van der Waals surface area contributed by atoms with Crippen LogP contribution in [0.4, 0.5) is 0 Å². The molecule has 1 saturated heterocycles. The third kappa shape index (κ3) is 4.51. The molecular weight excluding hydrogens is 500 g/mol. The Bertz CT molecular complexity index is 1110. The first-order valence-electron chi connectivity index (χ1n) is 14.4. The fourth-order valence-electron chi connectivity index (χ4n) is 8.28. The van der Waals surface area contributed by atoms with E-state index >= 15 is 0 Å². The van der Waals surface area contributed by atoms with Crippen molar-refractivity contribution in [2.75, 3.05) is 0 Å². The maximum atomic E-state index is 13.9. The highest BCUT2D eigenvalue weighted by molar-refractivity contribution is 6.00. The highest BCUT2D eigenvalue weighted by Gasteiger charge is 2.68. The summed E-state index contributed by atoms with van der Waals surface area (Å²) in [6.07, 6.45) is 0.703. The number of carboxylic acids is 1. The average molecular weight is 547 g/mol. The van der Waals surface area contributed by atoms with Crippen LogP contribution in [0.15, 0.2) is 23.3 Å². The van der Waals surface area contributed by atoms with Gasteiger partial charge in [0.25, 0.3) is 0 Å². The monoisotopic (exact) mass is 546 g/mol. The Balaban J connectivity index is 1.82. The second kappa shape index (κ2) is 9.81. The number of Topliss-reactive ketones (excluding diaryl/α,β-unsaturated/α-hetero) is 1. The number of allylic oxidation sites excluding steroid dienone is 1. The van der Waals surface area contributed by atoms with Crippen LogP contribution < -0.4 is 0 Å². The molecule has 2 bridgehead atoms. The quantitative estimate of drug-likeness (QED) is 0.313. The van der Waals surface area contributed by atoms with Crippen LogP contribution in [0.5, 0.6) is 0 Å². The van der Waals surface area contributed by atoms with Gasteiger partial charge in [-0.25, -0.2) is 0 Å². The van der Waals surface area contributed by atoms with Crippen molar-refractivity contribution in [1.82, 2.24) is 0 Å². The molecule has 2 heterocycles. The van der Waals surface area contributed by atoms with Gasteiger partial charge >= 0.3 is 11.9 Å². The number of ketones is 1. The van der Waals surface area contributed by atoms with E-state index in [1.807, 2.05) is 13.8 Å². The number of aliphatic hydroxyl groups excluding tert-OH is 1. The smallest absolute Gasteiger partial charge is 0.312 e. The Morgan fingerprint density at radius 3 is 2.38 bits per heavy atom. The normalized spacial score (nSPS) is 42.5. The number of fused-ring (bicyclic) bond motifs is 5. The molecule has 4 rings (SSSR count). The third-order valence-electron chi connectivity index (χ3n) is 11.0. The summed E-state index contributed by atoms with van der Waals surface area (Å²) in [6, 6.07) is 0. The first-order chi connectivity index (χ1) is 17.9.